The minimum atomic E-state index is -0.216. The third-order valence-corrected chi connectivity index (χ3v) is 2.26. The summed E-state index contributed by atoms with van der Waals surface area (Å²) in [4.78, 5) is 15.2. The van der Waals surface area contributed by atoms with E-state index in [1.165, 1.54) is 11.9 Å². The van der Waals surface area contributed by atoms with Crippen LogP contribution in [0.2, 0.25) is 0 Å². The molecule has 15 heavy (non-hydrogen) atoms. The van der Waals surface area contributed by atoms with Crippen LogP contribution in [0.15, 0.2) is 18.0 Å². The van der Waals surface area contributed by atoms with Crippen LogP contribution in [0.4, 0.5) is 0 Å². The lowest BCUT2D eigenvalue weighted by atomic mass is 10.1. The van der Waals surface area contributed by atoms with Gasteiger partial charge in [0.25, 0.3) is 5.91 Å². The fourth-order valence-electron chi connectivity index (χ4n) is 1.42. The van der Waals surface area contributed by atoms with Crippen LogP contribution in [-0.4, -0.2) is 40.7 Å². The zero-order chi connectivity index (χ0) is 10.5. The molecule has 0 fully saturated rings. The quantitative estimate of drug-likeness (QED) is 0.581. The first-order valence-electron chi connectivity index (χ1n) is 4.88. The topological polar surface area (TPSA) is 82.7 Å². The molecule has 1 aromatic rings. The smallest absolute Gasteiger partial charge is 0.288 e. The van der Waals surface area contributed by atoms with E-state index in [1.54, 1.807) is 0 Å². The van der Waals surface area contributed by atoms with Gasteiger partial charge in [-0.05, 0) is 13.0 Å². The normalized spacial score (nSPS) is 15.9. The maximum atomic E-state index is 11.5. The summed E-state index contributed by atoms with van der Waals surface area (Å²) < 4.78 is 0. The van der Waals surface area contributed by atoms with Crippen molar-refractivity contribution < 1.29 is 4.79 Å². The van der Waals surface area contributed by atoms with Gasteiger partial charge in [0.2, 0.25) is 5.82 Å². The first-order chi connectivity index (χ1) is 7.36. The second-order valence-corrected chi connectivity index (χ2v) is 3.33. The van der Waals surface area contributed by atoms with Crippen molar-refractivity contribution in [2.45, 2.75) is 6.42 Å². The Morgan fingerprint density at radius 2 is 2.53 bits per heavy atom. The minimum Gasteiger partial charge on any atom is -0.346 e. The molecule has 1 aliphatic rings. The van der Waals surface area contributed by atoms with Crippen LogP contribution < -0.4 is 10.6 Å². The number of H-pyrrole nitrogens is 1. The van der Waals surface area contributed by atoms with Crippen LogP contribution in [-0.2, 0) is 0 Å². The van der Waals surface area contributed by atoms with E-state index < -0.39 is 0 Å². The lowest BCUT2D eigenvalue weighted by molar-refractivity contribution is 0.0946. The highest BCUT2D eigenvalue weighted by Gasteiger charge is 2.09. The summed E-state index contributed by atoms with van der Waals surface area (Å²) in [5.74, 6) is 0.0384. The van der Waals surface area contributed by atoms with E-state index in [2.05, 4.69) is 31.9 Å². The first kappa shape index (κ1) is 9.85. The molecule has 0 unspecified atom stereocenters. The summed E-state index contributed by atoms with van der Waals surface area (Å²) in [6, 6.07) is 0. The number of hydrogen-bond acceptors (Lipinski definition) is 4. The van der Waals surface area contributed by atoms with Gasteiger partial charge < -0.3 is 10.6 Å². The van der Waals surface area contributed by atoms with Crippen LogP contribution in [0.5, 0.6) is 0 Å². The Labute approximate surface area is 87.2 Å². The van der Waals surface area contributed by atoms with Crippen LogP contribution in [0, 0.1) is 0 Å². The Morgan fingerprint density at radius 1 is 1.60 bits per heavy atom. The summed E-state index contributed by atoms with van der Waals surface area (Å²) in [6.45, 7) is 2.44. The molecule has 2 rings (SSSR count). The second kappa shape index (κ2) is 4.70. The van der Waals surface area contributed by atoms with Gasteiger partial charge in [-0.25, -0.2) is 4.98 Å². The van der Waals surface area contributed by atoms with Crippen LogP contribution in [0.25, 0.3) is 0 Å². The highest BCUT2D eigenvalue weighted by molar-refractivity contribution is 5.90. The number of amides is 1. The average Bonchev–Trinajstić information content (AvgIpc) is 2.81. The molecule has 1 amide bonds. The molecule has 1 aliphatic heterocycles. The van der Waals surface area contributed by atoms with Crippen molar-refractivity contribution in [3.05, 3.63) is 23.8 Å². The molecular formula is C9H13N5O. The minimum absolute atomic E-state index is 0.216. The Hall–Kier alpha value is -1.69. The maximum absolute atomic E-state index is 11.5. The predicted molar refractivity (Wildman–Crippen MR) is 54.3 cm³/mol. The summed E-state index contributed by atoms with van der Waals surface area (Å²) >= 11 is 0. The highest BCUT2D eigenvalue weighted by atomic mass is 16.2. The van der Waals surface area contributed by atoms with Gasteiger partial charge in [0.05, 0.1) is 0 Å². The average molecular weight is 207 g/mol. The molecule has 6 heteroatoms. The van der Waals surface area contributed by atoms with Gasteiger partial charge in [-0.15, -0.1) is 0 Å². The zero-order valence-corrected chi connectivity index (χ0v) is 8.29. The Bertz CT molecular complexity index is 357. The Morgan fingerprint density at radius 3 is 3.20 bits per heavy atom. The Kier molecular flexibility index (Phi) is 3.08. The lowest BCUT2D eigenvalue weighted by Crippen LogP contribution is -2.30. The SMILES string of the molecule is O=C(NCC1=CCNCC1)c1ncn[nH]1. The summed E-state index contributed by atoms with van der Waals surface area (Å²) in [7, 11) is 0. The molecule has 0 aliphatic carbocycles. The number of aromatic amines is 1. The predicted octanol–water partition coefficient (Wildman–Crippen LogP) is -0.546. The number of nitrogens with zero attached hydrogens (tertiary/aromatic N) is 2. The fraction of sp³-hybridized carbons (Fsp3) is 0.444. The van der Waals surface area contributed by atoms with Gasteiger partial charge in [0.1, 0.15) is 6.33 Å². The first-order valence-corrected chi connectivity index (χ1v) is 4.88. The lowest BCUT2D eigenvalue weighted by Gasteiger charge is -2.13. The Balaban J connectivity index is 1.83. The number of carbonyl (C=O) groups is 1. The molecule has 0 saturated heterocycles. The molecule has 0 aromatic carbocycles. The zero-order valence-electron chi connectivity index (χ0n) is 8.29. The van der Waals surface area contributed by atoms with Gasteiger partial charge in [0.15, 0.2) is 0 Å². The van der Waals surface area contributed by atoms with Crippen LogP contribution >= 0.6 is 0 Å². The van der Waals surface area contributed by atoms with Gasteiger partial charge in [-0.1, -0.05) is 11.6 Å². The van der Waals surface area contributed by atoms with E-state index >= 15 is 0 Å². The highest BCUT2D eigenvalue weighted by Crippen LogP contribution is 2.02. The number of aromatic nitrogens is 3. The van der Waals surface area contributed by atoms with Crippen LogP contribution in [0.1, 0.15) is 17.0 Å². The summed E-state index contributed by atoms with van der Waals surface area (Å²) in [5.41, 5.74) is 1.25. The molecule has 2 heterocycles. The number of rotatable bonds is 3. The summed E-state index contributed by atoms with van der Waals surface area (Å²) in [5, 5.41) is 12.1. The standard InChI is InChI=1S/C9H13N5O/c15-9(8-12-6-13-14-8)11-5-7-1-3-10-4-2-7/h1,6,10H,2-5H2,(H,11,15)(H,12,13,14). The fourth-order valence-corrected chi connectivity index (χ4v) is 1.42. The van der Waals surface area contributed by atoms with Gasteiger partial charge in [-0.2, -0.15) is 5.10 Å². The second-order valence-electron chi connectivity index (χ2n) is 3.33. The molecule has 0 radical (unpaired) electrons. The molecule has 0 spiro atoms. The van der Waals surface area contributed by atoms with E-state index in [0.717, 1.165) is 19.5 Å². The number of hydrogen-bond donors (Lipinski definition) is 3. The van der Waals surface area contributed by atoms with E-state index in [0.29, 0.717) is 6.54 Å². The van der Waals surface area contributed by atoms with Crippen molar-refractivity contribution in [2.24, 2.45) is 0 Å². The molecule has 0 saturated carbocycles. The molecule has 1 aromatic heterocycles. The monoisotopic (exact) mass is 207 g/mol. The van der Waals surface area contributed by atoms with Gasteiger partial charge in [-0.3, -0.25) is 9.89 Å². The molecule has 0 atom stereocenters. The van der Waals surface area contributed by atoms with E-state index in [1.807, 2.05) is 0 Å². The van der Waals surface area contributed by atoms with Crippen molar-refractivity contribution in [3.63, 3.8) is 0 Å². The largest absolute Gasteiger partial charge is 0.346 e. The van der Waals surface area contributed by atoms with Crippen molar-refractivity contribution >= 4 is 5.91 Å². The maximum Gasteiger partial charge on any atom is 0.288 e. The third kappa shape index (κ3) is 2.63. The van der Waals surface area contributed by atoms with Crippen LogP contribution in [0.3, 0.4) is 0 Å². The van der Waals surface area contributed by atoms with Gasteiger partial charge >= 0.3 is 0 Å². The third-order valence-electron chi connectivity index (χ3n) is 2.26. The van der Waals surface area contributed by atoms with Crippen molar-refractivity contribution in [2.75, 3.05) is 19.6 Å². The number of carbonyl (C=O) groups excluding carboxylic acids is 1. The van der Waals surface area contributed by atoms with Crippen molar-refractivity contribution in [1.82, 2.24) is 25.8 Å². The molecule has 80 valence electrons. The molecule has 6 nitrogen and oxygen atoms in total. The molecular weight excluding hydrogens is 194 g/mol. The summed E-state index contributed by atoms with van der Waals surface area (Å²) in [6.07, 6.45) is 4.40. The van der Waals surface area contributed by atoms with E-state index in [-0.39, 0.29) is 11.7 Å². The van der Waals surface area contributed by atoms with E-state index in [9.17, 15) is 4.79 Å². The van der Waals surface area contributed by atoms with E-state index in [4.69, 9.17) is 0 Å². The van der Waals surface area contributed by atoms with Crippen molar-refractivity contribution in [3.8, 4) is 0 Å². The molecule has 3 N–H and O–H groups in total. The van der Waals surface area contributed by atoms with Gasteiger partial charge in [0, 0.05) is 13.1 Å². The number of nitrogens with one attached hydrogen (secondary N) is 3. The molecule has 0 bridgehead atoms. The van der Waals surface area contributed by atoms with Crippen molar-refractivity contribution in [1.29, 1.82) is 0 Å².